The summed E-state index contributed by atoms with van der Waals surface area (Å²) in [6.45, 7) is 1.63. The van der Waals surface area contributed by atoms with Crippen molar-refractivity contribution in [1.29, 1.82) is 0 Å². The Morgan fingerprint density at radius 3 is 2.53 bits per heavy atom. The number of hydrogen-bond donors (Lipinski definition) is 0. The number of methoxy groups -OCH3 is 1. The molecule has 0 saturated carbocycles. The number of nitro benzene ring substituents is 1. The minimum atomic E-state index is -0.972. The molecule has 174 valence electrons. The second kappa shape index (κ2) is 8.40. The molecule has 0 radical (unpaired) electrons. The predicted octanol–water partition coefficient (Wildman–Crippen LogP) is 4.07. The van der Waals surface area contributed by atoms with Crippen LogP contribution in [0, 0.1) is 16.0 Å². The number of ether oxygens (including phenoxy) is 3. The molecule has 2 aliphatic heterocycles. The lowest BCUT2D eigenvalue weighted by Crippen LogP contribution is -2.38. The van der Waals surface area contributed by atoms with E-state index in [4.69, 9.17) is 14.2 Å². The molecule has 0 amide bonds. The zero-order valence-corrected chi connectivity index (χ0v) is 18.6. The molecule has 0 spiro atoms. The van der Waals surface area contributed by atoms with Crippen molar-refractivity contribution in [3.05, 3.63) is 75.0 Å². The molecular weight excluding hydrogens is 440 g/mol. The van der Waals surface area contributed by atoms with Crippen LogP contribution in [0.3, 0.4) is 0 Å². The fraction of sp³-hybridized carbons (Fsp3) is 0.320. The third kappa shape index (κ3) is 3.53. The molecule has 9 nitrogen and oxygen atoms in total. The van der Waals surface area contributed by atoms with E-state index in [0.29, 0.717) is 29.2 Å². The maximum absolute atomic E-state index is 13.6. The average Bonchev–Trinajstić information content (AvgIpc) is 3.30. The van der Waals surface area contributed by atoms with Gasteiger partial charge in [-0.1, -0.05) is 30.3 Å². The van der Waals surface area contributed by atoms with Crippen LogP contribution >= 0.6 is 0 Å². The first-order valence-electron chi connectivity index (χ1n) is 10.9. The lowest BCUT2D eigenvalue weighted by molar-refractivity contribution is -0.385. The van der Waals surface area contributed by atoms with Crippen LogP contribution in [0.5, 0.6) is 11.5 Å². The molecule has 0 bridgehead atoms. The molecule has 2 aromatic rings. The van der Waals surface area contributed by atoms with Crippen molar-refractivity contribution in [3.8, 4) is 11.5 Å². The summed E-state index contributed by atoms with van der Waals surface area (Å²) >= 11 is 0. The number of aliphatic imine (C=N–C) groups is 1. The highest BCUT2D eigenvalue weighted by molar-refractivity contribution is 6.09. The summed E-state index contributed by atoms with van der Waals surface area (Å²) < 4.78 is 15.8. The van der Waals surface area contributed by atoms with Crippen LogP contribution in [0.4, 0.5) is 5.69 Å². The lowest BCUT2D eigenvalue weighted by Gasteiger charge is -2.36. The maximum Gasteiger partial charge on any atom is 0.315 e. The summed E-state index contributed by atoms with van der Waals surface area (Å²) in [5, 5.41) is 12.0. The zero-order valence-electron chi connectivity index (χ0n) is 18.6. The Bertz CT molecular complexity index is 1270. The highest BCUT2D eigenvalue weighted by atomic mass is 16.7. The Kier molecular flexibility index (Phi) is 5.39. The number of benzene rings is 2. The monoisotopic (exact) mass is 462 g/mol. The van der Waals surface area contributed by atoms with Crippen LogP contribution in [0.1, 0.15) is 42.7 Å². The van der Waals surface area contributed by atoms with E-state index < -0.39 is 22.7 Å². The van der Waals surface area contributed by atoms with Gasteiger partial charge in [0.2, 0.25) is 6.79 Å². The molecule has 5 rings (SSSR count). The van der Waals surface area contributed by atoms with Gasteiger partial charge in [-0.05, 0) is 30.9 Å². The first-order valence-corrected chi connectivity index (χ1v) is 10.9. The molecule has 2 heterocycles. The molecule has 2 aromatic carbocycles. The normalized spacial score (nSPS) is 23.3. The Hall–Kier alpha value is -4.01. The van der Waals surface area contributed by atoms with Crippen molar-refractivity contribution in [1.82, 2.24) is 0 Å². The Morgan fingerprint density at radius 2 is 1.85 bits per heavy atom. The van der Waals surface area contributed by atoms with E-state index in [1.54, 1.807) is 6.92 Å². The molecule has 9 heteroatoms. The molecule has 0 fully saturated rings. The second-order valence-corrected chi connectivity index (χ2v) is 8.55. The zero-order chi connectivity index (χ0) is 24.0. The number of hydrogen-bond acceptors (Lipinski definition) is 8. The van der Waals surface area contributed by atoms with Gasteiger partial charge in [0.1, 0.15) is 5.92 Å². The molecule has 1 aliphatic carbocycles. The summed E-state index contributed by atoms with van der Waals surface area (Å²) in [5.74, 6) is -2.17. The summed E-state index contributed by atoms with van der Waals surface area (Å²) in [4.78, 5) is 42.6. The number of rotatable bonds is 4. The third-order valence-electron chi connectivity index (χ3n) is 6.67. The second-order valence-electron chi connectivity index (χ2n) is 8.55. The summed E-state index contributed by atoms with van der Waals surface area (Å²) in [5.41, 5.74) is 2.32. The van der Waals surface area contributed by atoms with Gasteiger partial charge >= 0.3 is 5.97 Å². The number of nitro groups is 1. The van der Waals surface area contributed by atoms with Crippen molar-refractivity contribution in [2.45, 2.75) is 31.6 Å². The largest absolute Gasteiger partial charge is 0.468 e. The van der Waals surface area contributed by atoms with Gasteiger partial charge < -0.3 is 14.2 Å². The number of ketones is 1. The number of esters is 1. The van der Waals surface area contributed by atoms with Gasteiger partial charge in [-0.15, -0.1) is 0 Å². The van der Waals surface area contributed by atoms with Gasteiger partial charge in [0.15, 0.2) is 17.3 Å². The standard InChI is InChI=1S/C25H22N2O7/c1-13-22(25(29)32-2)23(16-10-20-21(34-12-33-20)11-18(16)27(30)31)24-17(26-13)8-15(9-19(24)28)14-6-4-3-5-7-14/h3-7,10-11,15,22-23H,8-9,12H2,1-2H3/t15-,22?,23+/m0/s1. The van der Waals surface area contributed by atoms with Crippen LogP contribution in [0.15, 0.2) is 58.7 Å². The number of allylic oxidation sites excluding steroid dienone is 2. The maximum atomic E-state index is 13.6. The topological polar surface area (TPSA) is 117 Å². The predicted molar refractivity (Wildman–Crippen MR) is 121 cm³/mol. The van der Waals surface area contributed by atoms with E-state index in [9.17, 15) is 19.7 Å². The van der Waals surface area contributed by atoms with Crippen molar-refractivity contribution in [2.75, 3.05) is 13.9 Å². The highest BCUT2D eigenvalue weighted by Crippen LogP contribution is 2.51. The van der Waals surface area contributed by atoms with Gasteiger partial charge in [0.05, 0.1) is 18.1 Å². The minimum Gasteiger partial charge on any atom is -0.468 e. The number of carbonyl (C=O) groups excluding carboxylic acids is 2. The average molecular weight is 462 g/mol. The summed E-state index contributed by atoms with van der Waals surface area (Å²) in [6, 6.07) is 12.5. The van der Waals surface area contributed by atoms with Gasteiger partial charge in [0, 0.05) is 34.9 Å². The first kappa shape index (κ1) is 21.8. The SMILES string of the molecule is COC(=O)C1C(C)=NC2=C(C(=O)C[C@@H](c3ccccc3)C2)[C@@H]1c1cc2c(cc1[N+](=O)[O-])OCO2. The number of fused-ring (bicyclic) bond motifs is 1. The minimum absolute atomic E-state index is 0.0623. The number of nitrogens with zero attached hydrogens (tertiary/aromatic N) is 2. The van der Waals surface area contributed by atoms with Crippen molar-refractivity contribution < 1.29 is 28.7 Å². The fourth-order valence-electron chi connectivity index (χ4n) is 5.14. The number of carbonyl (C=O) groups is 2. The van der Waals surface area contributed by atoms with E-state index >= 15 is 0 Å². The Balaban J connectivity index is 1.69. The molecule has 0 aromatic heterocycles. The van der Waals surface area contributed by atoms with Gasteiger partial charge in [-0.25, -0.2) is 0 Å². The van der Waals surface area contributed by atoms with Crippen molar-refractivity contribution in [3.63, 3.8) is 0 Å². The van der Waals surface area contributed by atoms with Gasteiger partial charge in [0.25, 0.3) is 5.69 Å². The number of Topliss-reactive ketones (excluding diaryl/α,β-unsaturated/α-hetero) is 1. The molecule has 1 unspecified atom stereocenters. The molecule has 0 N–H and O–H groups in total. The van der Waals surface area contributed by atoms with E-state index in [2.05, 4.69) is 4.99 Å². The summed E-state index contributed by atoms with van der Waals surface area (Å²) in [6.07, 6.45) is 0.714. The lowest BCUT2D eigenvalue weighted by atomic mass is 9.69. The Morgan fingerprint density at radius 1 is 1.15 bits per heavy atom. The molecule has 3 atom stereocenters. The molecule has 34 heavy (non-hydrogen) atoms. The molecule has 0 saturated heterocycles. The van der Waals surface area contributed by atoms with Crippen LogP contribution in [-0.2, 0) is 14.3 Å². The van der Waals surface area contributed by atoms with Crippen LogP contribution in [0.25, 0.3) is 0 Å². The van der Waals surface area contributed by atoms with Crippen LogP contribution < -0.4 is 9.47 Å². The Labute approximate surface area is 195 Å². The van der Waals surface area contributed by atoms with Crippen molar-refractivity contribution >= 4 is 23.2 Å². The van der Waals surface area contributed by atoms with Crippen LogP contribution in [-0.4, -0.2) is 36.3 Å². The smallest absolute Gasteiger partial charge is 0.315 e. The van der Waals surface area contributed by atoms with E-state index in [1.165, 1.54) is 19.2 Å². The molecular formula is C25H22N2O7. The molecule has 3 aliphatic rings. The van der Waals surface area contributed by atoms with Crippen LogP contribution in [0.2, 0.25) is 0 Å². The fourth-order valence-corrected chi connectivity index (χ4v) is 5.14. The van der Waals surface area contributed by atoms with Gasteiger partial charge in [-0.3, -0.25) is 24.7 Å². The highest BCUT2D eigenvalue weighted by Gasteiger charge is 2.47. The van der Waals surface area contributed by atoms with E-state index in [-0.39, 0.29) is 41.9 Å². The van der Waals surface area contributed by atoms with E-state index in [1.807, 2.05) is 30.3 Å². The van der Waals surface area contributed by atoms with Crippen molar-refractivity contribution in [2.24, 2.45) is 10.9 Å². The summed E-state index contributed by atoms with van der Waals surface area (Å²) in [7, 11) is 1.25. The third-order valence-corrected chi connectivity index (χ3v) is 6.67. The quantitative estimate of drug-likeness (QED) is 0.382. The van der Waals surface area contributed by atoms with Gasteiger partial charge in [-0.2, -0.15) is 0 Å². The first-order chi connectivity index (χ1) is 16.4. The van der Waals surface area contributed by atoms with E-state index in [0.717, 1.165) is 5.56 Å².